The van der Waals surface area contributed by atoms with Crippen LogP contribution in [-0.2, 0) is 41.4 Å². The predicted octanol–water partition coefficient (Wildman–Crippen LogP) is -0.0127. The molecule has 46 heavy (non-hydrogen) atoms. The molecule has 2 fully saturated rings. The third kappa shape index (κ3) is 8.64. The number of ether oxygens (including phenoxy) is 1. The lowest BCUT2D eigenvalue weighted by Gasteiger charge is -2.30. The number of nitrogens with two attached hydrogens (primary N) is 1. The van der Waals surface area contributed by atoms with Crippen LogP contribution in [0, 0.1) is 0 Å². The number of sulfonamides is 1. The highest BCUT2D eigenvalue weighted by molar-refractivity contribution is 7.88. The number of aromatic nitrogens is 4. The maximum Gasteiger partial charge on any atom is 0.243 e. The van der Waals surface area contributed by atoms with Crippen LogP contribution in [0.5, 0.6) is 0 Å². The maximum absolute atomic E-state index is 14.0. The number of amides is 3. The molecular weight excluding hydrogens is 638 g/mol. The number of likely N-dealkylation sites (tertiary alicyclic amines) is 1. The number of morpholine rings is 1. The Kier molecular flexibility index (Phi) is 11.0. The molecular formula is C29H36ClN9O6S. The van der Waals surface area contributed by atoms with Crippen LogP contribution in [0.3, 0.4) is 0 Å². The number of nitrogens with one attached hydrogen (secondary N) is 2. The first-order valence-corrected chi connectivity index (χ1v) is 16.9. The van der Waals surface area contributed by atoms with E-state index in [0.29, 0.717) is 48.1 Å². The molecule has 0 unspecified atom stereocenters. The van der Waals surface area contributed by atoms with Crippen LogP contribution < -0.4 is 15.8 Å². The number of benzene rings is 2. The lowest BCUT2D eigenvalue weighted by atomic mass is 10.1. The lowest BCUT2D eigenvalue weighted by Crippen LogP contribution is -2.54. The Morgan fingerprint density at radius 1 is 1.11 bits per heavy atom. The van der Waals surface area contributed by atoms with Gasteiger partial charge in [0.15, 0.2) is 0 Å². The minimum absolute atomic E-state index is 0.0400. The van der Waals surface area contributed by atoms with Crippen molar-refractivity contribution in [3.05, 3.63) is 71.0 Å². The highest BCUT2D eigenvalue weighted by Gasteiger charge is 2.41. The van der Waals surface area contributed by atoms with Gasteiger partial charge in [0, 0.05) is 43.7 Å². The maximum atomic E-state index is 14.0. The van der Waals surface area contributed by atoms with E-state index < -0.39 is 40.0 Å². The Bertz CT molecular complexity index is 1620. The molecule has 3 heterocycles. The van der Waals surface area contributed by atoms with E-state index in [0.717, 1.165) is 0 Å². The van der Waals surface area contributed by atoms with Gasteiger partial charge >= 0.3 is 0 Å². The largest absolute Gasteiger partial charge is 0.378 e. The first-order chi connectivity index (χ1) is 22.1. The zero-order chi connectivity index (χ0) is 32.7. The van der Waals surface area contributed by atoms with Crippen molar-refractivity contribution in [3.63, 3.8) is 0 Å². The van der Waals surface area contributed by atoms with Gasteiger partial charge in [-0.05, 0) is 52.6 Å². The van der Waals surface area contributed by atoms with E-state index in [-0.39, 0.29) is 44.0 Å². The summed E-state index contributed by atoms with van der Waals surface area (Å²) < 4.78 is 35.8. The second-order valence-corrected chi connectivity index (χ2v) is 13.4. The molecule has 3 amide bonds. The van der Waals surface area contributed by atoms with E-state index in [2.05, 4.69) is 25.6 Å². The van der Waals surface area contributed by atoms with Gasteiger partial charge < -0.3 is 25.6 Å². The van der Waals surface area contributed by atoms with Gasteiger partial charge in [-0.25, -0.2) is 17.8 Å². The summed E-state index contributed by atoms with van der Waals surface area (Å²) >= 11 is 6.21. The molecule has 2 aromatic carbocycles. The van der Waals surface area contributed by atoms with Crippen LogP contribution in [0.1, 0.15) is 30.4 Å². The van der Waals surface area contributed by atoms with Crippen molar-refractivity contribution in [2.24, 2.45) is 5.73 Å². The van der Waals surface area contributed by atoms with Crippen molar-refractivity contribution >= 4 is 39.3 Å². The molecule has 246 valence electrons. The number of nitrogens with zero attached hydrogens (tertiary/aromatic N) is 6. The molecule has 3 atom stereocenters. The average Bonchev–Trinajstić information content (AvgIpc) is 3.72. The lowest BCUT2D eigenvalue weighted by molar-refractivity contribution is -0.140. The van der Waals surface area contributed by atoms with E-state index in [1.165, 1.54) is 15.9 Å². The summed E-state index contributed by atoms with van der Waals surface area (Å²) in [7, 11) is -4.01. The topological polar surface area (TPSA) is 195 Å². The molecule has 5 rings (SSSR count). The normalized spacial score (nSPS) is 19.2. The molecule has 2 aliphatic rings. The van der Waals surface area contributed by atoms with Crippen LogP contribution >= 0.6 is 11.6 Å². The number of carbonyl (C=O) groups excluding carboxylic acids is 3. The molecule has 1 aromatic heterocycles. The fourth-order valence-electron chi connectivity index (χ4n) is 5.58. The van der Waals surface area contributed by atoms with E-state index in [9.17, 15) is 22.8 Å². The van der Waals surface area contributed by atoms with Gasteiger partial charge in [-0.1, -0.05) is 41.9 Å². The Hall–Kier alpha value is -3.96. The van der Waals surface area contributed by atoms with Gasteiger partial charge in [0.25, 0.3) is 0 Å². The molecule has 2 aliphatic heterocycles. The number of carbonyl (C=O) groups is 3. The molecule has 0 saturated carbocycles. The predicted molar refractivity (Wildman–Crippen MR) is 167 cm³/mol. The highest BCUT2D eigenvalue weighted by Crippen LogP contribution is 2.22. The number of hydrogen-bond donors (Lipinski definition) is 3. The molecule has 3 aromatic rings. The molecule has 15 nitrogen and oxygen atoms in total. The van der Waals surface area contributed by atoms with Gasteiger partial charge in [-0.15, -0.1) is 5.10 Å². The van der Waals surface area contributed by atoms with Gasteiger partial charge in [-0.3, -0.25) is 14.4 Å². The zero-order valence-corrected chi connectivity index (χ0v) is 26.6. The fraction of sp³-hybridized carbons (Fsp3) is 0.448. The Morgan fingerprint density at radius 3 is 2.59 bits per heavy atom. The Balaban J connectivity index is 1.31. The SMILES string of the molecule is N[C@H]1C[C@@H](C(=O)NCc2cc(Cl)ccc2-n2cnnn2)N(C(=O)[C@@H](CCC(=O)N2CCOCC2)NS(=O)(=O)Cc2ccccc2)C1. The van der Waals surface area contributed by atoms with Crippen LogP contribution in [0.4, 0.5) is 0 Å². The molecule has 0 aliphatic carbocycles. The van der Waals surface area contributed by atoms with Gasteiger partial charge in [-0.2, -0.15) is 0 Å². The second kappa shape index (κ2) is 15.1. The summed E-state index contributed by atoms with van der Waals surface area (Å²) in [5, 5.41) is 14.5. The van der Waals surface area contributed by atoms with E-state index in [1.54, 1.807) is 53.4 Å². The number of halogens is 1. The van der Waals surface area contributed by atoms with Crippen LogP contribution in [0.15, 0.2) is 54.9 Å². The van der Waals surface area contributed by atoms with Gasteiger partial charge in [0.1, 0.15) is 18.4 Å². The number of rotatable bonds is 12. The Labute approximate surface area is 271 Å². The minimum atomic E-state index is -4.01. The number of hydrogen-bond acceptors (Lipinski definition) is 10. The van der Waals surface area contributed by atoms with Gasteiger partial charge in [0.05, 0.1) is 24.7 Å². The van der Waals surface area contributed by atoms with Crippen molar-refractivity contribution in [1.29, 1.82) is 0 Å². The van der Waals surface area contributed by atoms with E-state index in [1.807, 2.05) is 0 Å². The fourth-order valence-corrected chi connectivity index (χ4v) is 7.14. The monoisotopic (exact) mass is 673 g/mol. The smallest absolute Gasteiger partial charge is 0.243 e. The third-order valence-electron chi connectivity index (χ3n) is 7.84. The van der Waals surface area contributed by atoms with E-state index >= 15 is 0 Å². The van der Waals surface area contributed by atoms with Crippen molar-refractivity contribution in [3.8, 4) is 5.69 Å². The van der Waals surface area contributed by atoms with E-state index in [4.69, 9.17) is 22.1 Å². The van der Waals surface area contributed by atoms with Gasteiger partial charge in [0.2, 0.25) is 27.7 Å². The van der Waals surface area contributed by atoms with Crippen LogP contribution in [0.2, 0.25) is 5.02 Å². The number of tetrazole rings is 1. The summed E-state index contributed by atoms with van der Waals surface area (Å²) in [5.41, 5.74) is 7.99. The molecule has 4 N–H and O–H groups in total. The quantitative estimate of drug-likeness (QED) is 0.235. The summed E-state index contributed by atoms with van der Waals surface area (Å²) in [4.78, 5) is 43.4. The van der Waals surface area contributed by atoms with Crippen molar-refractivity contribution < 1.29 is 27.5 Å². The van der Waals surface area contributed by atoms with Crippen molar-refractivity contribution in [2.75, 3.05) is 32.8 Å². The molecule has 0 bridgehead atoms. The summed E-state index contributed by atoms with van der Waals surface area (Å²) in [6, 6.07) is 10.8. The van der Waals surface area contributed by atoms with Crippen molar-refractivity contribution in [1.82, 2.24) is 40.0 Å². The molecule has 0 spiro atoms. The summed E-state index contributed by atoms with van der Waals surface area (Å²) in [6.07, 6.45) is 1.41. The average molecular weight is 674 g/mol. The first kappa shape index (κ1) is 33.4. The Morgan fingerprint density at radius 2 is 1.87 bits per heavy atom. The van der Waals surface area contributed by atoms with Crippen LogP contribution in [-0.4, -0.2) is 107 Å². The third-order valence-corrected chi connectivity index (χ3v) is 9.43. The summed E-state index contributed by atoms with van der Waals surface area (Å²) in [5.74, 6) is -1.67. The van der Waals surface area contributed by atoms with Crippen LogP contribution in [0.25, 0.3) is 5.69 Å². The first-order valence-electron chi connectivity index (χ1n) is 14.8. The molecule has 0 radical (unpaired) electrons. The zero-order valence-electron chi connectivity index (χ0n) is 25.0. The standard InChI is InChI=1S/C29H36ClN9O6S/c30-22-6-8-25(39-19-33-35-36-39)21(14-22)16-32-28(41)26-15-23(31)17-38(26)29(42)24(7-9-27(40)37-10-12-45-13-11-37)34-46(43,44)18-20-4-2-1-3-5-20/h1-6,8,14,19,23-24,26,34H,7,9-13,15-18,31H2,(H,32,41)/t23-,24+,26-/m0/s1. The second-order valence-electron chi connectivity index (χ2n) is 11.2. The molecule has 17 heteroatoms. The minimum Gasteiger partial charge on any atom is -0.378 e. The summed E-state index contributed by atoms with van der Waals surface area (Å²) in [6.45, 7) is 1.74. The molecule has 2 saturated heterocycles. The highest BCUT2D eigenvalue weighted by atomic mass is 35.5. The van der Waals surface area contributed by atoms with Crippen molar-refractivity contribution in [2.45, 2.75) is 49.7 Å².